The van der Waals surface area contributed by atoms with Gasteiger partial charge in [-0.25, -0.2) is 4.99 Å². The van der Waals surface area contributed by atoms with E-state index in [1.807, 2.05) is 0 Å². The summed E-state index contributed by atoms with van der Waals surface area (Å²) >= 11 is 0. The number of likely N-dealkylation sites (N-methyl/N-ethyl adjacent to an activating group) is 2. The van der Waals surface area contributed by atoms with E-state index in [9.17, 15) is 9.59 Å². The molecular weight excluding hydrogens is 346 g/mol. The topological polar surface area (TPSA) is 86.3 Å². The Morgan fingerprint density at radius 1 is 1.11 bits per heavy atom. The van der Waals surface area contributed by atoms with Crippen LogP contribution in [0, 0.1) is 11.3 Å². The van der Waals surface area contributed by atoms with Crippen LogP contribution in [0.25, 0.3) is 0 Å². The van der Waals surface area contributed by atoms with Crippen LogP contribution in [0.2, 0.25) is 0 Å². The Labute approximate surface area is 161 Å². The van der Waals surface area contributed by atoms with Gasteiger partial charge in [0.05, 0.1) is 12.6 Å². The maximum absolute atomic E-state index is 12.0. The van der Waals surface area contributed by atoms with Gasteiger partial charge in [-0.2, -0.15) is 0 Å². The van der Waals surface area contributed by atoms with Crippen molar-refractivity contribution in [2.45, 2.75) is 44.2 Å². The number of aliphatic imine (C=N–C) groups is 1. The number of hydrogen-bond acceptors (Lipinski definition) is 4. The highest BCUT2D eigenvalue weighted by Crippen LogP contribution is 2.60. The number of rotatable bonds is 5. The second-order valence-electron chi connectivity index (χ2n) is 8.40. The van der Waals surface area contributed by atoms with Gasteiger partial charge >= 0.3 is 0 Å². The maximum atomic E-state index is 12.0. The molecular formula is C19H33N5O3. The molecule has 3 fully saturated rings. The lowest BCUT2D eigenvalue weighted by Crippen LogP contribution is -2.69. The van der Waals surface area contributed by atoms with Crippen LogP contribution >= 0.6 is 0 Å². The summed E-state index contributed by atoms with van der Waals surface area (Å²) in [6.45, 7) is 1.04. The van der Waals surface area contributed by atoms with Crippen molar-refractivity contribution < 1.29 is 14.3 Å². The number of ether oxygens (including phenoxy) is 1. The third-order valence-corrected chi connectivity index (χ3v) is 6.36. The summed E-state index contributed by atoms with van der Waals surface area (Å²) in [5, 5.41) is 6.68. The molecule has 3 rings (SSSR count). The lowest BCUT2D eigenvalue weighted by atomic mass is 9.54. The molecule has 8 heteroatoms. The van der Waals surface area contributed by atoms with Crippen LogP contribution in [-0.4, -0.2) is 87.6 Å². The van der Waals surface area contributed by atoms with Crippen LogP contribution in [0.1, 0.15) is 32.1 Å². The SMILES string of the molecule is CN(C)C(=O)CN=C(NCC(=O)N(C)C)NC1C2CCOC2C12CCCC2. The first-order valence-corrected chi connectivity index (χ1v) is 9.92. The van der Waals surface area contributed by atoms with Gasteiger partial charge in [-0.15, -0.1) is 0 Å². The quantitative estimate of drug-likeness (QED) is 0.521. The Morgan fingerprint density at radius 3 is 2.41 bits per heavy atom. The van der Waals surface area contributed by atoms with Gasteiger partial charge in [-0.1, -0.05) is 12.8 Å². The smallest absolute Gasteiger partial charge is 0.243 e. The van der Waals surface area contributed by atoms with Gasteiger partial charge in [0.1, 0.15) is 6.54 Å². The van der Waals surface area contributed by atoms with E-state index < -0.39 is 0 Å². The standard InChI is InChI=1S/C19H33N5O3/c1-23(2)14(25)11-20-18(21-12-15(26)24(3)4)22-16-13-7-10-27-17(13)19(16)8-5-6-9-19/h13,16-17H,5-12H2,1-4H3,(H2,20,21,22). The molecule has 1 saturated heterocycles. The molecule has 2 amide bonds. The minimum absolute atomic E-state index is 0.0327. The Hall–Kier alpha value is -1.83. The van der Waals surface area contributed by atoms with Gasteiger partial charge in [-0.05, 0) is 19.3 Å². The molecule has 0 radical (unpaired) electrons. The number of nitrogens with zero attached hydrogens (tertiary/aromatic N) is 3. The van der Waals surface area contributed by atoms with Crippen molar-refractivity contribution in [2.24, 2.45) is 16.3 Å². The van der Waals surface area contributed by atoms with E-state index >= 15 is 0 Å². The van der Waals surface area contributed by atoms with E-state index in [-0.39, 0.29) is 30.3 Å². The molecule has 2 N–H and O–H groups in total. The first-order chi connectivity index (χ1) is 12.8. The van der Waals surface area contributed by atoms with Gasteiger partial charge < -0.3 is 25.2 Å². The Bertz CT molecular complexity index is 598. The summed E-state index contributed by atoms with van der Waals surface area (Å²) < 4.78 is 6.04. The van der Waals surface area contributed by atoms with E-state index in [1.165, 1.54) is 35.5 Å². The van der Waals surface area contributed by atoms with Crippen molar-refractivity contribution in [1.29, 1.82) is 0 Å². The van der Waals surface area contributed by atoms with Gasteiger partial charge in [0.15, 0.2) is 5.96 Å². The molecule has 0 aromatic heterocycles. The average molecular weight is 380 g/mol. The molecule has 2 saturated carbocycles. The Morgan fingerprint density at radius 2 is 1.78 bits per heavy atom. The molecule has 0 bridgehead atoms. The summed E-state index contributed by atoms with van der Waals surface area (Å²) in [5.41, 5.74) is 0.181. The molecule has 152 valence electrons. The van der Waals surface area contributed by atoms with Crippen molar-refractivity contribution in [2.75, 3.05) is 47.9 Å². The molecule has 3 aliphatic rings. The minimum atomic E-state index is -0.0682. The third kappa shape index (κ3) is 3.90. The fourth-order valence-electron chi connectivity index (χ4n) is 4.81. The first-order valence-electron chi connectivity index (χ1n) is 9.92. The van der Waals surface area contributed by atoms with Crippen molar-refractivity contribution >= 4 is 17.8 Å². The highest BCUT2D eigenvalue weighted by molar-refractivity contribution is 5.88. The van der Waals surface area contributed by atoms with Crippen LogP contribution in [0.5, 0.6) is 0 Å². The summed E-state index contributed by atoms with van der Waals surface area (Å²) in [6, 6.07) is 0.294. The lowest BCUT2D eigenvalue weighted by Gasteiger charge is -2.57. The summed E-state index contributed by atoms with van der Waals surface area (Å²) in [7, 11) is 6.88. The molecule has 1 aliphatic heterocycles. The van der Waals surface area contributed by atoms with Crippen molar-refractivity contribution in [3.8, 4) is 0 Å². The zero-order valence-corrected chi connectivity index (χ0v) is 17.0. The lowest BCUT2D eigenvalue weighted by molar-refractivity contribution is -0.128. The second-order valence-corrected chi connectivity index (χ2v) is 8.40. The normalized spacial score (nSPS) is 28.4. The minimum Gasteiger partial charge on any atom is -0.377 e. The number of carbonyl (C=O) groups excluding carboxylic acids is 2. The van der Waals surface area contributed by atoms with Gasteiger partial charge in [0.2, 0.25) is 11.8 Å². The zero-order valence-electron chi connectivity index (χ0n) is 17.0. The van der Waals surface area contributed by atoms with E-state index in [4.69, 9.17) is 4.74 Å². The maximum Gasteiger partial charge on any atom is 0.243 e. The van der Waals surface area contributed by atoms with E-state index in [0.717, 1.165) is 13.0 Å². The fraction of sp³-hybridized carbons (Fsp3) is 0.842. The number of hydrogen-bond donors (Lipinski definition) is 2. The second kappa shape index (κ2) is 8.04. The summed E-state index contributed by atoms with van der Waals surface area (Å²) in [4.78, 5) is 31.5. The molecule has 0 aromatic carbocycles. The Balaban J connectivity index is 1.70. The van der Waals surface area contributed by atoms with Crippen molar-refractivity contribution in [1.82, 2.24) is 20.4 Å². The molecule has 0 aromatic rings. The first kappa shape index (κ1) is 19.9. The Kier molecular flexibility index (Phi) is 5.93. The molecule has 27 heavy (non-hydrogen) atoms. The molecule has 1 spiro atoms. The van der Waals surface area contributed by atoms with Crippen LogP contribution in [0.4, 0.5) is 0 Å². The number of carbonyl (C=O) groups is 2. The highest BCUT2D eigenvalue weighted by atomic mass is 16.5. The summed E-state index contributed by atoms with van der Waals surface area (Å²) in [6.07, 6.45) is 6.24. The molecule has 2 aliphatic carbocycles. The number of nitrogens with one attached hydrogen (secondary N) is 2. The van der Waals surface area contributed by atoms with E-state index in [1.54, 1.807) is 28.2 Å². The fourth-order valence-corrected chi connectivity index (χ4v) is 4.81. The van der Waals surface area contributed by atoms with Crippen LogP contribution in [-0.2, 0) is 14.3 Å². The van der Waals surface area contributed by atoms with E-state index in [2.05, 4.69) is 15.6 Å². The van der Waals surface area contributed by atoms with Gasteiger partial charge in [-0.3, -0.25) is 9.59 Å². The molecule has 8 nitrogen and oxygen atoms in total. The van der Waals surface area contributed by atoms with Crippen LogP contribution in [0.3, 0.4) is 0 Å². The molecule has 3 atom stereocenters. The highest BCUT2D eigenvalue weighted by Gasteiger charge is 2.65. The van der Waals surface area contributed by atoms with Crippen molar-refractivity contribution in [3.63, 3.8) is 0 Å². The number of guanidine groups is 1. The predicted molar refractivity (Wildman–Crippen MR) is 103 cm³/mol. The van der Waals surface area contributed by atoms with Gasteiger partial charge in [0, 0.05) is 52.2 Å². The van der Waals surface area contributed by atoms with E-state index in [0.29, 0.717) is 24.0 Å². The van der Waals surface area contributed by atoms with Crippen molar-refractivity contribution in [3.05, 3.63) is 0 Å². The predicted octanol–water partition coefficient (Wildman–Crippen LogP) is 0.0457. The molecule has 3 unspecified atom stereocenters. The van der Waals surface area contributed by atoms with Gasteiger partial charge in [0.25, 0.3) is 0 Å². The van der Waals surface area contributed by atoms with Crippen LogP contribution in [0.15, 0.2) is 4.99 Å². The zero-order chi connectivity index (χ0) is 19.6. The number of amides is 2. The molecule has 1 heterocycles. The number of fused-ring (bicyclic) bond motifs is 2. The van der Waals surface area contributed by atoms with Crippen LogP contribution < -0.4 is 10.6 Å². The average Bonchev–Trinajstić information content (AvgIpc) is 3.28. The monoisotopic (exact) mass is 379 g/mol. The largest absolute Gasteiger partial charge is 0.377 e. The summed E-state index contributed by atoms with van der Waals surface area (Å²) in [5.74, 6) is 0.933. The third-order valence-electron chi connectivity index (χ3n) is 6.36.